The van der Waals surface area contributed by atoms with E-state index in [1.165, 1.54) is 0 Å². The summed E-state index contributed by atoms with van der Waals surface area (Å²) in [7, 11) is 0. The third kappa shape index (κ3) is 4.47. The highest BCUT2D eigenvalue weighted by atomic mass is 35.5. The van der Waals surface area contributed by atoms with Crippen LogP contribution < -0.4 is 10.6 Å². The van der Waals surface area contributed by atoms with E-state index in [1.54, 1.807) is 24.3 Å². The predicted octanol–water partition coefficient (Wildman–Crippen LogP) is 4.40. The molecule has 3 aromatic carbocycles. The number of hydrogen-bond acceptors (Lipinski definition) is 3. The van der Waals surface area contributed by atoms with Crippen LogP contribution in [0.4, 0.5) is 4.79 Å². The van der Waals surface area contributed by atoms with Gasteiger partial charge in [-0.3, -0.25) is 14.5 Å². The van der Waals surface area contributed by atoms with Gasteiger partial charge in [0.1, 0.15) is 12.1 Å². The molecule has 0 unspecified atom stereocenters. The Morgan fingerprint density at radius 3 is 2.00 bits per heavy atom. The molecule has 1 heterocycles. The van der Waals surface area contributed by atoms with Gasteiger partial charge in [0.15, 0.2) is 0 Å². The van der Waals surface area contributed by atoms with Crippen molar-refractivity contribution in [3.05, 3.63) is 107 Å². The van der Waals surface area contributed by atoms with Crippen molar-refractivity contribution < 1.29 is 14.4 Å². The van der Waals surface area contributed by atoms with Crippen LogP contribution in [0.25, 0.3) is 0 Å². The first-order valence-corrected chi connectivity index (χ1v) is 11.1. The number of rotatable bonds is 7. The Morgan fingerprint density at radius 2 is 1.48 bits per heavy atom. The zero-order valence-corrected chi connectivity index (χ0v) is 18.9. The van der Waals surface area contributed by atoms with E-state index in [-0.39, 0.29) is 6.54 Å². The second-order valence-corrected chi connectivity index (χ2v) is 8.35. The molecule has 0 spiro atoms. The molecule has 1 aliphatic rings. The van der Waals surface area contributed by atoms with Crippen LogP contribution in [0.1, 0.15) is 36.1 Å². The lowest BCUT2D eigenvalue weighted by molar-refractivity contribution is -0.135. The lowest BCUT2D eigenvalue weighted by atomic mass is 9.87. The maximum Gasteiger partial charge on any atom is 0.325 e. The average Bonchev–Trinajstić information content (AvgIpc) is 3.09. The van der Waals surface area contributed by atoms with E-state index in [9.17, 15) is 14.4 Å². The standard InChI is InChI=1S/C26H24ClN3O3/c1-2-26(20-13-15-21(27)16-14-20)24(32)30(25(33)29-26)17-22(31)28-23(18-9-5-3-6-10-18)19-11-7-4-8-12-19/h3-16,23H,2,17H2,1H3,(H,28,31)(H,29,33)/t26-/m1/s1. The zero-order chi connectivity index (χ0) is 23.4. The van der Waals surface area contributed by atoms with Crippen LogP contribution in [0.3, 0.4) is 0 Å². The summed E-state index contributed by atoms with van der Waals surface area (Å²) in [5.41, 5.74) is 1.21. The fraction of sp³-hybridized carbons (Fsp3) is 0.192. The van der Waals surface area contributed by atoms with E-state index in [0.717, 1.165) is 16.0 Å². The Hall–Kier alpha value is -3.64. The van der Waals surface area contributed by atoms with Crippen LogP contribution in [0.15, 0.2) is 84.9 Å². The van der Waals surface area contributed by atoms with Crippen LogP contribution in [-0.2, 0) is 15.1 Å². The minimum Gasteiger partial charge on any atom is -0.344 e. The van der Waals surface area contributed by atoms with Gasteiger partial charge in [0.2, 0.25) is 5.91 Å². The van der Waals surface area contributed by atoms with Gasteiger partial charge in [-0.15, -0.1) is 0 Å². The molecule has 0 aromatic heterocycles. The molecule has 4 amide bonds. The number of imide groups is 1. The lowest BCUT2D eigenvalue weighted by Crippen LogP contribution is -2.45. The number of carbonyl (C=O) groups is 3. The molecule has 4 rings (SSSR count). The molecule has 0 aliphatic carbocycles. The molecule has 33 heavy (non-hydrogen) atoms. The Kier molecular flexibility index (Phi) is 6.47. The third-order valence-corrected chi connectivity index (χ3v) is 6.17. The summed E-state index contributed by atoms with van der Waals surface area (Å²) in [5, 5.41) is 6.30. The Morgan fingerprint density at radius 1 is 0.939 bits per heavy atom. The van der Waals surface area contributed by atoms with Crippen LogP contribution in [0, 0.1) is 0 Å². The molecule has 2 N–H and O–H groups in total. The summed E-state index contributed by atoms with van der Waals surface area (Å²) in [6, 6.07) is 24.9. The number of hydrogen-bond donors (Lipinski definition) is 2. The number of urea groups is 1. The monoisotopic (exact) mass is 461 g/mol. The number of nitrogens with zero attached hydrogens (tertiary/aromatic N) is 1. The molecule has 3 aromatic rings. The molecular formula is C26H24ClN3O3. The van der Waals surface area contributed by atoms with E-state index in [0.29, 0.717) is 17.0 Å². The Bertz CT molecular complexity index is 1110. The maximum absolute atomic E-state index is 13.3. The smallest absolute Gasteiger partial charge is 0.325 e. The quantitative estimate of drug-likeness (QED) is 0.512. The average molecular weight is 462 g/mol. The number of benzene rings is 3. The van der Waals surface area contributed by atoms with Gasteiger partial charge in [0, 0.05) is 5.02 Å². The second-order valence-electron chi connectivity index (χ2n) is 7.91. The SMILES string of the molecule is CC[C@]1(c2ccc(Cl)cc2)NC(=O)N(CC(=O)NC(c2ccccc2)c2ccccc2)C1=O. The first-order chi connectivity index (χ1) is 15.9. The molecule has 7 heteroatoms. The lowest BCUT2D eigenvalue weighted by Gasteiger charge is -2.26. The van der Waals surface area contributed by atoms with Crippen molar-refractivity contribution in [3.63, 3.8) is 0 Å². The number of nitrogens with one attached hydrogen (secondary N) is 2. The van der Waals surface area contributed by atoms with Crippen molar-refractivity contribution in [2.45, 2.75) is 24.9 Å². The summed E-state index contributed by atoms with van der Waals surface area (Å²) in [6.07, 6.45) is 0.341. The summed E-state index contributed by atoms with van der Waals surface area (Å²) >= 11 is 5.98. The van der Waals surface area contributed by atoms with Crippen molar-refractivity contribution in [3.8, 4) is 0 Å². The maximum atomic E-state index is 13.3. The third-order valence-electron chi connectivity index (χ3n) is 5.92. The van der Waals surface area contributed by atoms with Gasteiger partial charge in [-0.25, -0.2) is 4.79 Å². The Balaban J connectivity index is 1.55. The van der Waals surface area contributed by atoms with Crippen molar-refractivity contribution in [2.75, 3.05) is 6.54 Å². The molecule has 1 fully saturated rings. The highest BCUT2D eigenvalue weighted by Crippen LogP contribution is 2.33. The van der Waals surface area contributed by atoms with E-state index >= 15 is 0 Å². The molecule has 6 nitrogen and oxygen atoms in total. The zero-order valence-electron chi connectivity index (χ0n) is 18.1. The van der Waals surface area contributed by atoms with Crippen LogP contribution in [-0.4, -0.2) is 29.3 Å². The predicted molar refractivity (Wildman–Crippen MR) is 127 cm³/mol. The van der Waals surface area contributed by atoms with Gasteiger partial charge in [-0.2, -0.15) is 0 Å². The van der Waals surface area contributed by atoms with Crippen LogP contribution >= 0.6 is 11.6 Å². The first kappa shape index (κ1) is 22.6. The van der Waals surface area contributed by atoms with Gasteiger partial charge in [0.25, 0.3) is 5.91 Å². The normalized spacial score (nSPS) is 17.8. The highest BCUT2D eigenvalue weighted by molar-refractivity contribution is 6.30. The first-order valence-electron chi connectivity index (χ1n) is 10.7. The Labute approximate surface area is 197 Å². The molecular weight excluding hydrogens is 438 g/mol. The van der Waals surface area contributed by atoms with Crippen molar-refractivity contribution in [1.82, 2.24) is 15.5 Å². The summed E-state index contributed by atoms with van der Waals surface area (Å²) in [6.45, 7) is 1.44. The van der Waals surface area contributed by atoms with Gasteiger partial charge in [0.05, 0.1) is 6.04 Å². The molecule has 0 radical (unpaired) electrons. The topological polar surface area (TPSA) is 78.5 Å². The van der Waals surface area contributed by atoms with Gasteiger partial charge in [-0.05, 0) is 35.2 Å². The minimum absolute atomic E-state index is 0.341. The summed E-state index contributed by atoms with van der Waals surface area (Å²) in [4.78, 5) is 40.1. The van der Waals surface area contributed by atoms with Gasteiger partial charge < -0.3 is 10.6 Å². The van der Waals surface area contributed by atoms with Gasteiger partial charge >= 0.3 is 6.03 Å². The number of carbonyl (C=O) groups excluding carboxylic acids is 3. The van der Waals surface area contributed by atoms with Crippen LogP contribution in [0.5, 0.6) is 0 Å². The van der Waals surface area contributed by atoms with E-state index < -0.39 is 29.4 Å². The van der Waals surface area contributed by atoms with E-state index in [2.05, 4.69) is 10.6 Å². The van der Waals surface area contributed by atoms with Crippen molar-refractivity contribution in [1.29, 1.82) is 0 Å². The van der Waals surface area contributed by atoms with Crippen molar-refractivity contribution >= 4 is 29.4 Å². The molecule has 0 saturated carbocycles. The van der Waals surface area contributed by atoms with Crippen LogP contribution in [0.2, 0.25) is 5.02 Å². The highest BCUT2D eigenvalue weighted by Gasteiger charge is 2.51. The van der Waals surface area contributed by atoms with E-state index in [1.807, 2.05) is 67.6 Å². The number of halogens is 1. The molecule has 1 aliphatic heterocycles. The molecule has 1 saturated heterocycles. The molecule has 0 bridgehead atoms. The molecule has 168 valence electrons. The largest absolute Gasteiger partial charge is 0.344 e. The fourth-order valence-electron chi connectivity index (χ4n) is 4.14. The van der Waals surface area contributed by atoms with E-state index in [4.69, 9.17) is 11.6 Å². The van der Waals surface area contributed by atoms with Gasteiger partial charge in [-0.1, -0.05) is 91.3 Å². The minimum atomic E-state index is -1.22. The summed E-state index contributed by atoms with van der Waals surface area (Å²) in [5.74, 6) is -0.886. The number of amides is 4. The fourth-order valence-corrected chi connectivity index (χ4v) is 4.27. The molecule has 1 atom stereocenters. The summed E-state index contributed by atoms with van der Waals surface area (Å²) < 4.78 is 0. The van der Waals surface area contributed by atoms with Crippen molar-refractivity contribution in [2.24, 2.45) is 0 Å². The second kappa shape index (κ2) is 9.46.